The minimum Gasteiger partial charge on any atom is -0.322 e. The van der Waals surface area contributed by atoms with Crippen molar-refractivity contribution in [3.63, 3.8) is 0 Å². The van der Waals surface area contributed by atoms with Gasteiger partial charge in [-0.2, -0.15) is 11.8 Å². The van der Waals surface area contributed by atoms with Crippen LogP contribution in [-0.2, 0) is 11.2 Å². The van der Waals surface area contributed by atoms with E-state index in [0.717, 1.165) is 25.0 Å². The third kappa shape index (κ3) is 3.27. The van der Waals surface area contributed by atoms with Gasteiger partial charge in [0.1, 0.15) is 0 Å². The zero-order valence-electron chi connectivity index (χ0n) is 12.6. The van der Waals surface area contributed by atoms with Crippen molar-refractivity contribution in [3.8, 4) is 0 Å². The van der Waals surface area contributed by atoms with Crippen LogP contribution in [0, 0.1) is 0 Å². The van der Waals surface area contributed by atoms with Gasteiger partial charge >= 0.3 is 0 Å². The zero-order valence-corrected chi connectivity index (χ0v) is 13.4. The van der Waals surface area contributed by atoms with Crippen molar-refractivity contribution in [2.45, 2.75) is 50.9 Å². The van der Waals surface area contributed by atoms with Gasteiger partial charge in [0.25, 0.3) is 0 Å². The highest BCUT2D eigenvalue weighted by Crippen LogP contribution is 2.27. The minimum absolute atomic E-state index is 0.0516. The summed E-state index contributed by atoms with van der Waals surface area (Å²) >= 11 is 1.99. The second-order valence-electron chi connectivity index (χ2n) is 5.95. The Bertz CT molecular complexity index is 473. The number of nitrogens with zero attached hydrogens (tertiary/aromatic N) is 1. The molecule has 0 aliphatic carbocycles. The van der Waals surface area contributed by atoms with Crippen LogP contribution >= 0.6 is 11.8 Å². The number of nitrogens with one attached hydrogen (secondary N) is 1. The molecule has 3 unspecified atom stereocenters. The predicted octanol–water partition coefficient (Wildman–Crippen LogP) is 2.66. The molecule has 4 heteroatoms. The van der Waals surface area contributed by atoms with Crippen molar-refractivity contribution >= 4 is 17.7 Å². The van der Waals surface area contributed by atoms with Crippen molar-refractivity contribution < 1.29 is 4.79 Å². The van der Waals surface area contributed by atoms with E-state index in [0.29, 0.717) is 11.9 Å². The number of rotatable bonds is 4. The standard InChI is InChI=1S/C17H24N2OS/c1-2-16-18-15(11-13-7-4-3-5-8-13)17(20)19(16)14-9-6-10-21-12-14/h3-5,7-8,14-16,18H,2,6,9-12H2,1H3. The number of hydrogen-bond donors (Lipinski definition) is 1. The first kappa shape index (κ1) is 14.9. The number of amides is 1. The Morgan fingerprint density at radius 1 is 1.33 bits per heavy atom. The summed E-state index contributed by atoms with van der Waals surface area (Å²) in [5.41, 5.74) is 1.23. The Balaban J connectivity index is 1.71. The normalized spacial score (nSPS) is 29.9. The Labute approximate surface area is 131 Å². The fourth-order valence-corrected chi connectivity index (χ4v) is 4.54. The lowest BCUT2D eigenvalue weighted by Gasteiger charge is -2.34. The molecule has 0 aromatic heterocycles. The molecule has 1 aromatic rings. The van der Waals surface area contributed by atoms with Gasteiger partial charge in [0.15, 0.2) is 0 Å². The van der Waals surface area contributed by atoms with Crippen LogP contribution in [0.4, 0.5) is 0 Å². The lowest BCUT2D eigenvalue weighted by Crippen LogP contribution is -2.46. The third-order valence-electron chi connectivity index (χ3n) is 4.48. The summed E-state index contributed by atoms with van der Waals surface area (Å²) < 4.78 is 0. The van der Waals surface area contributed by atoms with Gasteiger partial charge in [-0.1, -0.05) is 37.3 Å². The molecule has 1 aromatic carbocycles. The summed E-state index contributed by atoms with van der Waals surface area (Å²) in [5.74, 6) is 2.65. The van der Waals surface area contributed by atoms with Gasteiger partial charge in [-0.3, -0.25) is 10.1 Å². The van der Waals surface area contributed by atoms with Gasteiger partial charge in [-0.05, 0) is 37.0 Å². The van der Waals surface area contributed by atoms with Crippen LogP contribution in [-0.4, -0.2) is 40.6 Å². The maximum Gasteiger partial charge on any atom is 0.241 e. The molecule has 0 bridgehead atoms. The van der Waals surface area contributed by atoms with Crippen molar-refractivity contribution in [1.29, 1.82) is 0 Å². The van der Waals surface area contributed by atoms with E-state index >= 15 is 0 Å². The fourth-order valence-electron chi connectivity index (χ4n) is 3.41. The van der Waals surface area contributed by atoms with E-state index in [-0.39, 0.29) is 12.2 Å². The van der Waals surface area contributed by atoms with E-state index in [1.165, 1.54) is 17.7 Å². The molecule has 3 atom stereocenters. The quantitative estimate of drug-likeness (QED) is 0.928. The second kappa shape index (κ2) is 6.84. The Hall–Kier alpha value is -1.00. The second-order valence-corrected chi connectivity index (χ2v) is 7.10. The highest BCUT2D eigenvalue weighted by molar-refractivity contribution is 7.99. The predicted molar refractivity (Wildman–Crippen MR) is 88.3 cm³/mol. The van der Waals surface area contributed by atoms with Crippen molar-refractivity contribution in [3.05, 3.63) is 35.9 Å². The number of hydrogen-bond acceptors (Lipinski definition) is 3. The molecule has 0 saturated carbocycles. The maximum atomic E-state index is 12.8. The van der Waals surface area contributed by atoms with E-state index in [1.54, 1.807) is 0 Å². The van der Waals surface area contributed by atoms with Crippen LogP contribution in [0.1, 0.15) is 31.7 Å². The van der Waals surface area contributed by atoms with E-state index in [4.69, 9.17) is 0 Å². The average molecular weight is 304 g/mol. The summed E-state index contributed by atoms with van der Waals surface area (Å²) in [6, 6.07) is 10.7. The number of carbonyl (C=O) groups excluding carboxylic acids is 1. The molecular formula is C17H24N2OS. The van der Waals surface area contributed by atoms with Gasteiger partial charge in [0.2, 0.25) is 5.91 Å². The first-order valence-corrected chi connectivity index (χ1v) is 9.15. The topological polar surface area (TPSA) is 32.3 Å². The molecule has 3 nitrogen and oxygen atoms in total. The van der Waals surface area contributed by atoms with Crippen LogP contribution in [0.25, 0.3) is 0 Å². The number of thioether (sulfide) groups is 1. The van der Waals surface area contributed by atoms with Gasteiger partial charge in [0, 0.05) is 11.8 Å². The van der Waals surface area contributed by atoms with Crippen LogP contribution < -0.4 is 5.32 Å². The molecule has 21 heavy (non-hydrogen) atoms. The summed E-state index contributed by atoms with van der Waals surface area (Å²) in [6.07, 6.45) is 4.40. The van der Waals surface area contributed by atoms with E-state index in [1.807, 2.05) is 30.0 Å². The van der Waals surface area contributed by atoms with Crippen LogP contribution in [0.3, 0.4) is 0 Å². The molecule has 114 valence electrons. The Morgan fingerprint density at radius 2 is 2.14 bits per heavy atom. The molecule has 2 aliphatic heterocycles. The summed E-state index contributed by atoms with van der Waals surface area (Å²) in [4.78, 5) is 15.0. The maximum absolute atomic E-state index is 12.8. The average Bonchev–Trinajstić information content (AvgIpc) is 2.85. The lowest BCUT2D eigenvalue weighted by molar-refractivity contribution is -0.132. The molecular weight excluding hydrogens is 280 g/mol. The van der Waals surface area contributed by atoms with Gasteiger partial charge in [-0.15, -0.1) is 0 Å². The SMILES string of the molecule is CCC1NC(Cc2ccccc2)C(=O)N1C1CCCSC1. The van der Waals surface area contributed by atoms with E-state index in [2.05, 4.69) is 29.3 Å². The molecule has 2 fully saturated rings. The summed E-state index contributed by atoms with van der Waals surface area (Å²) in [6.45, 7) is 2.17. The van der Waals surface area contributed by atoms with E-state index < -0.39 is 0 Å². The van der Waals surface area contributed by atoms with Crippen molar-refractivity contribution in [2.24, 2.45) is 0 Å². The Kier molecular flexibility index (Phi) is 4.86. The van der Waals surface area contributed by atoms with Gasteiger partial charge < -0.3 is 4.90 Å². The number of benzene rings is 1. The van der Waals surface area contributed by atoms with Crippen LogP contribution in [0.5, 0.6) is 0 Å². The minimum atomic E-state index is -0.0516. The molecule has 1 N–H and O–H groups in total. The highest BCUT2D eigenvalue weighted by atomic mass is 32.2. The fraction of sp³-hybridized carbons (Fsp3) is 0.588. The third-order valence-corrected chi connectivity index (χ3v) is 5.68. The molecule has 1 amide bonds. The first-order chi connectivity index (χ1) is 10.3. The van der Waals surface area contributed by atoms with Gasteiger partial charge in [-0.25, -0.2) is 0 Å². The van der Waals surface area contributed by atoms with Gasteiger partial charge in [0.05, 0.1) is 12.2 Å². The van der Waals surface area contributed by atoms with Crippen molar-refractivity contribution in [1.82, 2.24) is 10.2 Å². The lowest BCUT2D eigenvalue weighted by atomic mass is 10.1. The first-order valence-electron chi connectivity index (χ1n) is 7.99. The molecule has 3 rings (SSSR count). The molecule has 2 saturated heterocycles. The number of carbonyl (C=O) groups is 1. The highest BCUT2D eigenvalue weighted by Gasteiger charge is 2.41. The monoisotopic (exact) mass is 304 g/mol. The largest absolute Gasteiger partial charge is 0.322 e. The summed E-state index contributed by atoms with van der Waals surface area (Å²) in [7, 11) is 0. The summed E-state index contributed by atoms with van der Waals surface area (Å²) in [5, 5.41) is 3.55. The van der Waals surface area contributed by atoms with E-state index in [9.17, 15) is 4.79 Å². The molecule has 0 spiro atoms. The van der Waals surface area contributed by atoms with Crippen LogP contribution in [0.15, 0.2) is 30.3 Å². The Morgan fingerprint density at radius 3 is 2.81 bits per heavy atom. The molecule has 0 radical (unpaired) electrons. The smallest absolute Gasteiger partial charge is 0.241 e. The molecule has 2 aliphatic rings. The van der Waals surface area contributed by atoms with Crippen LogP contribution in [0.2, 0.25) is 0 Å². The van der Waals surface area contributed by atoms with Crippen molar-refractivity contribution in [2.75, 3.05) is 11.5 Å². The zero-order chi connectivity index (χ0) is 14.7. The molecule has 2 heterocycles.